The molecular weight excluding hydrogens is 178 g/mol. The third-order valence-corrected chi connectivity index (χ3v) is 1.86. The first-order valence-corrected chi connectivity index (χ1v) is 4.03. The highest BCUT2D eigenvalue weighted by Crippen LogP contribution is 2.13. The Morgan fingerprint density at radius 2 is 2.31 bits per heavy atom. The first-order chi connectivity index (χ1) is 6.19. The van der Waals surface area contributed by atoms with E-state index in [4.69, 9.17) is 25.1 Å². The summed E-state index contributed by atoms with van der Waals surface area (Å²) in [6, 6.07) is 0. The molecule has 4 N–H and O–H groups in total. The van der Waals surface area contributed by atoms with E-state index in [1.165, 1.54) is 7.11 Å². The Labute approximate surface area is 76.2 Å². The fraction of sp³-hybridized carbons (Fsp3) is 1.00. The van der Waals surface area contributed by atoms with Gasteiger partial charge in [0.2, 0.25) is 0 Å². The maximum Gasteiger partial charge on any atom is 0.185 e. The monoisotopic (exact) mass is 193 g/mol. The Balaban J connectivity index is 2.58. The van der Waals surface area contributed by atoms with Crippen molar-refractivity contribution in [3.05, 3.63) is 0 Å². The zero-order chi connectivity index (χ0) is 9.84. The molecule has 6 heteroatoms. The Morgan fingerprint density at radius 1 is 1.62 bits per heavy atom. The van der Waals surface area contributed by atoms with Crippen molar-refractivity contribution < 1.29 is 24.4 Å². The maximum atomic E-state index is 9.37. The molecule has 1 aliphatic heterocycles. The van der Waals surface area contributed by atoms with Gasteiger partial charge >= 0.3 is 0 Å². The molecule has 0 aromatic rings. The van der Waals surface area contributed by atoms with Crippen molar-refractivity contribution in [1.82, 2.24) is 0 Å². The lowest BCUT2D eigenvalue weighted by molar-refractivity contribution is -0.201. The molecule has 4 atom stereocenters. The third kappa shape index (κ3) is 2.60. The quantitative estimate of drug-likeness (QED) is 0.470. The molecule has 1 heterocycles. The summed E-state index contributed by atoms with van der Waals surface area (Å²) in [5.41, 5.74) is 5.49. The molecule has 13 heavy (non-hydrogen) atoms. The van der Waals surface area contributed by atoms with Crippen LogP contribution in [0, 0.1) is 0 Å². The molecule has 1 saturated heterocycles. The minimum absolute atomic E-state index is 0.0379. The number of ether oxygens (including phenoxy) is 3. The van der Waals surface area contributed by atoms with E-state index in [1.54, 1.807) is 0 Å². The van der Waals surface area contributed by atoms with E-state index >= 15 is 0 Å². The maximum absolute atomic E-state index is 9.37. The van der Waals surface area contributed by atoms with Gasteiger partial charge in [-0.3, -0.25) is 0 Å². The van der Waals surface area contributed by atoms with Crippen molar-refractivity contribution in [1.29, 1.82) is 0 Å². The molecule has 0 aromatic carbocycles. The summed E-state index contributed by atoms with van der Waals surface area (Å²) in [6.07, 6.45) is -3.08. The van der Waals surface area contributed by atoms with Crippen molar-refractivity contribution in [2.45, 2.75) is 24.7 Å². The van der Waals surface area contributed by atoms with Gasteiger partial charge in [0.05, 0.1) is 13.2 Å². The van der Waals surface area contributed by atoms with Gasteiger partial charge in [0.25, 0.3) is 0 Å². The van der Waals surface area contributed by atoms with Crippen LogP contribution in [-0.4, -0.2) is 55.3 Å². The predicted molar refractivity (Wildman–Crippen MR) is 42.7 cm³/mol. The molecule has 0 aliphatic carbocycles. The average Bonchev–Trinajstić information content (AvgIpc) is 2.27. The summed E-state index contributed by atoms with van der Waals surface area (Å²) in [7, 11) is 1.40. The first-order valence-electron chi connectivity index (χ1n) is 4.03. The lowest BCUT2D eigenvalue weighted by Gasteiger charge is -2.22. The Kier molecular flexibility index (Phi) is 4.04. The van der Waals surface area contributed by atoms with Gasteiger partial charge in [0, 0.05) is 7.11 Å². The highest BCUT2D eigenvalue weighted by atomic mass is 16.7. The van der Waals surface area contributed by atoms with E-state index < -0.39 is 24.7 Å². The van der Waals surface area contributed by atoms with Crippen molar-refractivity contribution >= 4 is 0 Å². The van der Waals surface area contributed by atoms with E-state index in [9.17, 15) is 5.11 Å². The highest BCUT2D eigenvalue weighted by molar-refractivity contribution is 4.72. The average molecular weight is 193 g/mol. The largest absolute Gasteiger partial charge is 0.394 e. The number of aliphatic hydroxyl groups is 2. The van der Waals surface area contributed by atoms with Crippen molar-refractivity contribution in [3.8, 4) is 0 Å². The molecule has 0 amide bonds. The van der Waals surface area contributed by atoms with Gasteiger partial charge in [-0.1, -0.05) is 0 Å². The molecule has 0 aromatic heterocycles. The topological polar surface area (TPSA) is 94.2 Å². The van der Waals surface area contributed by atoms with Crippen LogP contribution < -0.4 is 5.73 Å². The Bertz CT molecular complexity index is 140. The van der Waals surface area contributed by atoms with Crippen molar-refractivity contribution in [3.63, 3.8) is 0 Å². The van der Waals surface area contributed by atoms with Gasteiger partial charge in [-0.05, 0) is 0 Å². The zero-order valence-electron chi connectivity index (χ0n) is 7.42. The molecule has 2 unspecified atom stereocenters. The number of hydrogen-bond donors (Lipinski definition) is 3. The lowest BCUT2D eigenvalue weighted by Crippen LogP contribution is -2.41. The second-order valence-electron chi connectivity index (χ2n) is 2.83. The molecule has 0 spiro atoms. The number of methoxy groups -OCH3 is 1. The number of nitrogens with two attached hydrogens (primary N) is 1. The van der Waals surface area contributed by atoms with E-state index in [0.717, 1.165) is 0 Å². The number of aliphatic hydroxyl groups excluding tert-OH is 2. The minimum Gasteiger partial charge on any atom is -0.394 e. The molecule has 78 valence electrons. The van der Waals surface area contributed by atoms with Gasteiger partial charge in [-0.25, -0.2) is 0 Å². The second kappa shape index (κ2) is 4.85. The van der Waals surface area contributed by atoms with Crippen LogP contribution in [0.1, 0.15) is 0 Å². The van der Waals surface area contributed by atoms with E-state index in [2.05, 4.69) is 0 Å². The third-order valence-electron chi connectivity index (χ3n) is 1.86. The minimum atomic E-state index is -0.882. The van der Waals surface area contributed by atoms with Crippen LogP contribution in [0.3, 0.4) is 0 Å². The SMILES string of the molecule is CO[C@H]1OC(CO)[C@@H](N)OCC1O. The van der Waals surface area contributed by atoms with Gasteiger partial charge in [0.1, 0.15) is 18.4 Å². The summed E-state index contributed by atoms with van der Waals surface area (Å²) in [6.45, 7) is -0.232. The fourth-order valence-corrected chi connectivity index (χ4v) is 1.10. The molecular formula is C7H15NO5. The van der Waals surface area contributed by atoms with Crippen LogP contribution in [0.2, 0.25) is 0 Å². The fourth-order valence-electron chi connectivity index (χ4n) is 1.10. The normalized spacial score (nSPS) is 41.5. The van der Waals surface area contributed by atoms with E-state index in [-0.39, 0.29) is 13.2 Å². The van der Waals surface area contributed by atoms with Gasteiger partial charge in [-0.15, -0.1) is 0 Å². The van der Waals surface area contributed by atoms with Crippen LogP contribution in [-0.2, 0) is 14.2 Å². The van der Waals surface area contributed by atoms with Gasteiger partial charge < -0.3 is 30.2 Å². The Hall–Kier alpha value is -0.240. The zero-order valence-corrected chi connectivity index (χ0v) is 7.42. The summed E-state index contributed by atoms with van der Waals surface area (Å²) in [5, 5.41) is 18.2. The van der Waals surface area contributed by atoms with Crippen LogP contribution in [0.25, 0.3) is 0 Å². The molecule has 1 aliphatic rings. The molecule has 1 fully saturated rings. The summed E-state index contributed by atoms with van der Waals surface area (Å²) >= 11 is 0. The Morgan fingerprint density at radius 3 is 2.85 bits per heavy atom. The first kappa shape index (κ1) is 10.8. The van der Waals surface area contributed by atoms with Gasteiger partial charge in [0.15, 0.2) is 6.29 Å². The van der Waals surface area contributed by atoms with E-state index in [1.807, 2.05) is 0 Å². The molecule has 0 bridgehead atoms. The van der Waals surface area contributed by atoms with Crippen LogP contribution >= 0.6 is 0 Å². The predicted octanol–water partition coefficient (Wildman–Crippen LogP) is -1.99. The van der Waals surface area contributed by atoms with Crippen molar-refractivity contribution in [2.24, 2.45) is 5.73 Å². The lowest BCUT2D eigenvalue weighted by atomic mass is 10.3. The number of rotatable bonds is 2. The number of hydrogen-bond acceptors (Lipinski definition) is 6. The highest BCUT2D eigenvalue weighted by Gasteiger charge is 2.32. The smallest absolute Gasteiger partial charge is 0.185 e. The summed E-state index contributed by atoms with van der Waals surface area (Å²) in [4.78, 5) is 0. The van der Waals surface area contributed by atoms with Crippen LogP contribution in [0.4, 0.5) is 0 Å². The molecule has 0 radical (unpaired) electrons. The molecule has 0 saturated carbocycles. The van der Waals surface area contributed by atoms with Crippen molar-refractivity contribution in [2.75, 3.05) is 20.3 Å². The van der Waals surface area contributed by atoms with E-state index in [0.29, 0.717) is 0 Å². The standard InChI is InChI=1S/C7H15NO5/c1-11-7-4(10)3-12-6(8)5(2-9)13-7/h4-7,9-10H,2-3,8H2,1H3/t4?,5?,6-,7-/m0/s1. The summed E-state index contributed by atoms with van der Waals surface area (Å²) in [5.74, 6) is 0. The van der Waals surface area contributed by atoms with Crippen LogP contribution in [0.5, 0.6) is 0 Å². The van der Waals surface area contributed by atoms with Gasteiger partial charge in [-0.2, -0.15) is 0 Å². The second-order valence-corrected chi connectivity index (χ2v) is 2.83. The molecule has 1 rings (SSSR count). The molecule has 6 nitrogen and oxygen atoms in total. The van der Waals surface area contributed by atoms with Crippen LogP contribution in [0.15, 0.2) is 0 Å². The summed E-state index contributed by atoms with van der Waals surface area (Å²) < 4.78 is 15.0.